The fourth-order valence-corrected chi connectivity index (χ4v) is 2.03. The molecule has 1 heterocycles. The van der Waals surface area contributed by atoms with Gasteiger partial charge in [0.05, 0.1) is 19.9 Å². The van der Waals surface area contributed by atoms with Crippen LogP contribution in [0.2, 0.25) is 0 Å². The molecule has 0 spiro atoms. The van der Waals surface area contributed by atoms with Gasteiger partial charge < -0.3 is 14.8 Å². The first-order valence-electron chi connectivity index (χ1n) is 6.61. The van der Waals surface area contributed by atoms with E-state index in [-0.39, 0.29) is 0 Å². The summed E-state index contributed by atoms with van der Waals surface area (Å²) in [6, 6.07) is 8.17. The number of hydrogen-bond donors (Lipinski definition) is 1. The molecule has 3 rings (SSSR count). The lowest BCUT2D eigenvalue weighted by molar-refractivity contribution is 0.404. The predicted octanol–water partition coefficient (Wildman–Crippen LogP) is 2.74. The maximum absolute atomic E-state index is 5.40. The summed E-state index contributed by atoms with van der Waals surface area (Å²) in [5, 5.41) is 3.37. The number of anilines is 1. The molecule has 0 saturated heterocycles. The lowest BCUT2D eigenvalue weighted by Crippen LogP contribution is -2.03. The van der Waals surface area contributed by atoms with Gasteiger partial charge in [0, 0.05) is 17.7 Å². The van der Waals surface area contributed by atoms with Crippen LogP contribution in [0.5, 0.6) is 11.5 Å². The third-order valence-corrected chi connectivity index (χ3v) is 3.28. The molecule has 1 aliphatic rings. The summed E-state index contributed by atoms with van der Waals surface area (Å²) in [7, 11) is 3.29. The van der Waals surface area contributed by atoms with Gasteiger partial charge in [0.25, 0.3) is 0 Å². The maximum Gasteiger partial charge on any atom is 0.130 e. The van der Waals surface area contributed by atoms with Gasteiger partial charge in [-0.05, 0) is 31.0 Å². The highest BCUT2D eigenvalue weighted by Crippen LogP contribution is 2.33. The monoisotopic (exact) mass is 271 g/mol. The van der Waals surface area contributed by atoms with Crippen molar-refractivity contribution >= 4 is 5.82 Å². The second-order valence-corrected chi connectivity index (χ2v) is 4.77. The quantitative estimate of drug-likeness (QED) is 0.906. The van der Waals surface area contributed by atoms with Crippen molar-refractivity contribution in [2.75, 3.05) is 19.5 Å². The highest BCUT2D eigenvalue weighted by molar-refractivity contribution is 5.70. The van der Waals surface area contributed by atoms with Gasteiger partial charge in [0.1, 0.15) is 23.6 Å². The Bertz CT molecular complexity index is 612. The first-order chi connectivity index (χ1) is 9.80. The first kappa shape index (κ1) is 12.7. The van der Waals surface area contributed by atoms with E-state index in [0.717, 1.165) is 28.6 Å². The van der Waals surface area contributed by atoms with E-state index in [2.05, 4.69) is 15.3 Å². The zero-order valence-electron chi connectivity index (χ0n) is 11.6. The molecule has 0 aliphatic heterocycles. The van der Waals surface area contributed by atoms with Crippen molar-refractivity contribution in [3.8, 4) is 22.8 Å². The molecule has 5 heteroatoms. The van der Waals surface area contributed by atoms with Gasteiger partial charge in [0.2, 0.25) is 0 Å². The van der Waals surface area contributed by atoms with Crippen molar-refractivity contribution in [2.45, 2.75) is 18.9 Å². The first-order valence-corrected chi connectivity index (χ1v) is 6.61. The Morgan fingerprint density at radius 1 is 1.10 bits per heavy atom. The molecule has 1 aromatic carbocycles. The Labute approximate surface area is 118 Å². The molecular weight excluding hydrogens is 254 g/mol. The van der Waals surface area contributed by atoms with Gasteiger partial charge in [-0.15, -0.1) is 0 Å². The lowest BCUT2D eigenvalue weighted by Gasteiger charge is -2.11. The second-order valence-electron chi connectivity index (χ2n) is 4.77. The molecule has 104 valence electrons. The van der Waals surface area contributed by atoms with Crippen LogP contribution in [-0.4, -0.2) is 30.2 Å². The summed E-state index contributed by atoms with van der Waals surface area (Å²) >= 11 is 0. The van der Waals surface area contributed by atoms with E-state index in [4.69, 9.17) is 9.47 Å². The third kappa shape index (κ3) is 2.66. The average Bonchev–Trinajstić information content (AvgIpc) is 3.31. The van der Waals surface area contributed by atoms with Crippen LogP contribution < -0.4 is 14.8 Å². The Morgan fingerprint density at radius 2 is 1.95 bits per heavy atom. The number of nitrogens with zero attached hydrogens (tertiary/aromatic N) is 2. The van der Waals surface area contributed by atoms with Crippen molar-refractivity contribution in [2.24, 2.45) is 0 Å². The number of methoxy groups -OCH3 is 2. The van der Waals surface area contributed by atoms with Crippen LogP contribution in [0.1, 0.15) is 12.8 Å². The van der Waals surface area contributed by atoms with Crippen LogP contribution in [-0.2, 0) is 0 Å². The molecule has 1 aliphatic carbocycles. The Kier molecular flexibility index (Phi) is 3.41. The largest absolute Gasteiger partial charge is 0.497 e. The SMILES string of the molecule is COc1ccc(OC)c(-c2cc(NC3CC3)ncn2)c1. The van der Waals surface area contributed by atoms with E-state index in [9.17, 15) is 0 Å². The van der Waals surface area contributed by atoms with Crippen LogP contribution in [0.15, 0.2) is 30.6 Å². The van der Waals surface area contributed by atoms with Crippen molar-refractivity contribution in [3.05, 3.63) is 30.6 Å². The smallest absolute Gasteiger partial charge is 0.130 e. The van der Waals surface area contributed by atoms with Crippen molar-refractivity contribution in [1.82, 2.24) is 9.97 Å². The van der Waals surface area contributed by atoms with E-state index in [0.29, 0.717) is 6.04 Å². The normalized spacial score (nSPS) is 13.9. The summed E-state index contributed by atoms with van der Waals surface area (Å²) in [4.78, 5) is 8.58. The molecule has 20 heavy (non-hydrogen) atoms. The highest BCUT2D eigenvalue weighted by atomic mass is 16.5. The third-order valence-electron chi connectivity index (χ3n) is 3.28. The summed E-state index contributed by atoms with van der Waals surface area (Å²) in [6.45, 7) is 0. The minimum Gasteiger partial charge on any atom is -0.497 e. The molecule has 2 aromatic rings. The van der Waals surface area contributed by atoms with Gasteiger partial charge in [-0.1, -0.05) is 0 Å². The number of benzene rings is 1. The second kappa shape index (κ2) is 5.36. The Morgan fingerprint density at radius 3 is 2.65 bits per heavy atom. The lowest BCUT2D eigenvalue weighted by atomic mass is 10.1. The fourth-order valence-electron chi connectivity index (χ4n) is 2.03. The maximum atomic E-state index is 5.40. The molecule has 1 aromatic heterocycles. The zero-order chi connectivity index (χ0) is 13.9. The van der Waals surface area contributed by atoms with Crippen LogP contribution >= 0.6 is 0 Å². The number of aromatic nitrogens is 2. The van der Waals surface area contributed by atoms with Crippen LogP contribution in [0.25, 0.3) is 11.3 Å². The number of ether oxygens (including phenoxy) is 2. The van der Waals surface area contributed by atoms with E-state index < -0.39 is 0 Å². The fraction of sp³-hybridized carbons (Fsp3) is 0.333. The van der Waals surface area contributed by atoms with Gasteiger partial charge in [-0.2, -0.15) is 0 Å². The van der Waals surface area contributed by atoms with Gasteiger partial charge in [-0.3, -0.25) is 0 Å². The molecule has 0 bridgehead atoms. The molecular formula is C15H17N3O2. The Balaban J connectivity index is 1.97. The molecule has 0 amide bonds. The molecule has 0 atom stereocenters. The van der Waals surface area contributed by atoms with E-state index >= 15 is 0 Å². The molecule has 5 nitrogen and oxygen atoms in total. The summed E-state index contributed by atoms with van der Waals surface area (Å²) in [6.07, 6.45) is 3.99. The summed E-state index contributed by atoms with van der Waals surface area (Å²) in [5.74, 6) is 2.39. The number of nitrogens with one attached hydrogen (secondary N) is 1. The molecule has 0 unspecified atom stereocenters. The van der Waals surface area contributed by atoms with Crippen molar-refractivity contribution in [3.63, 3.8) is 0 Å². The number of hydrogen-bond acceptors (Lipinski definition) is 5. The molecule has 0 radical (unpaired) electrons. The standard InChI is InChI=1S/C15H17N3O2/c1-19-11-5-6-14(20-2)12(7-11)13-8-15(17-9-16-13)18-10-3-4-10/h5-10H,3-4H2,1-2H3,(H,16,17,18). The Hall–Kier alpha value is -2.30. The van der Waals surface area contributed by atoms with Crippen LogP contribution in [0.3, 0.4) is 0 Å². The van der Waals surface area contributed by atoms with E-state index in [1.54, 1.807) is 20.5 Å². The average molecular weight is 271 g/mol. The molecule has 1 fully saturated rings. The van der Waals surface area contributed by atoms with E-state index in [1.165, 1.54) is 12.8 Å². The van der Waals surface area contributed by atoms with Crippen LogP contribution in [0, 0.1) is 0 Å². The van der Waals surface area contributed by atoms with Crippen LogP contribution in [0.4, 0.5) is 5.82 Å². The number of rotatable bonds is 5. The topological polar surface area (TPSA) is 56.3 Å². The van der Waals surface area contributed by atoms with Gasteiger partial charge >= 0.3 is 0 Å². The van der Waals surface area contributed by atoms with Crippen molar-refractivity contribution < 1.29 is 9.47 Å². The molecule has 1 saturated carbocycles. The highest BCUT2D eigenvalue weighted by Gasteiger charge is 2.21. The summed E-state index contributed by atoms with van der Waals surface area (Å²) in [5.41, 5.74) is 1.71. The molecule has 1 N–H and O–H groups in total. The minimum atomic E-state index is 0.560. The van der Waals surface area contributed by atoms with Crippen molar-refractivity contribution in [1.29, 1.82) is 0 Å². The zero-order valence-corrected chi connectivity index (χ0v) is 11.6. The van der Waals surface area contributed by atoms with E-state index in [1.807, 2.05) is 24.3 Å². The van der Waals surface area contributed by atoms with Gasteiger partial charge in [0.15, 0.2) is 0 Å². The van der Waals surface area contributed by atoms with Gasteiger partial charge in [-0.25, -0.2) is 9.97 Å². The summed E-state index contributed by atoms with van der Waals surface area (Å²) < 4.78 is 10.7. The predicted molar refractivity (Wildman–Crippen MR) is 77.2 cm³/mol. The minimum absolute atomic E-state index is 0.560.